The molecule has 76 valence electrons. The Labute approximate surface area is 78.5 Å². The summed E-state index contributed by atoms with van der Waals surface area (Å²) in [4.78, 5) is 21.6. The van der Waals surface area contributed by atoms with Crippen molar-refractivity contribution in [1.82, 2.24) is 4.90 Å². The van der Waals surface area contributed by atoms with E-state index in [0.717, 1.165) is 13.1 Å². The lowest BCUT2D eigenvalue weighted by atomic mass is 10.2. The van der Waals surface area contributed by atoms with Crippen molar-refractivity contribution in [2.45, 2.75) is 26.7 Å². The van der Waals surface area contributed by atoms with Crippen LogP contribution < -0.4 is 0 Å². The van der Waals surface area contributed by atoms with E-state index in [9.17, 15) is 4.79 Å². The molecule has 1 amide bonds. The predicted octanol–water partition coefficient (Wildman–Crippen LogP) is 0.966. The number of carbonyl (C=O) groups is 2. The predicted molar refractivity (Wildman–Crippen MR) is 49.3 cm³/mol. The molecule has 1 heterocycles. The van der Waals surface area contributed by atoms with Crippen LogP contribution in [-0.2, 0) is 9.59 Å². The number of hydrogen-bond acceptors (Lipinski definition) is 2. The Kier molecular flexibility index (Phi) is 5.93. The van der Waals surface area contributed by atoms with Gasteiger partial charge in [0, 0.05) is 19.0 Å². The van der Waals surface area contributed by atoms with Gasteiger partial charge in [0.2, 0.25) is 5.91 Å². The van der Waals surface area contributed by atoms with E-state index in [2.05, 4.69) is 0 Å². The molecule has 4 nitrogen and oxygen atoms in total. The first kappa shape index (κ1) is 11.9. The second-order valence-electron chi connectivity index (χ2n) is 3.29. The molecule has 0 radical (unpaired) electrons. The Balaban J connectivity index is 0.000000424. The van der Waals surface area contributed by atoms with Crippen LogP contribution in [0.15, 0.2) is 0 Å². The van der Waals surface area contributed by atoms with Crippen LogP contribution in [0.25, 0.3) is 0 Å². The molecule has 1 aliphatic heterocycles. The molecule has 0 unspecified atom stereocenters. The van der Waals surface area contributed by atoms with Gasteiger partial charge in [-0.2, -0.15) is 0 Å². The second kappa shape index (κ2) is 6.46. The summed E-state index contributed by atoms with van der Waals surface area (Å²) < 4.78 is 0. The van der Waals surface area contributed by atoms with Crippen molar-refractivity contribution >= 4 is 12.4 Å². The van der Waals surface area contributed by atoms with Crippen LogP contribution in [0.4, 0.5) is 0 Å². The summed E-state index contributed by atoms with van der Waals surface area (Å²) in [6.07, 6.45) is 2.39. The normalized spacial score (nSPS) is 15.2. The third kappa shape index (κ3) is 4.50. The molecule has 0 atom stereocenters. The summed E-state index contributed by atoms with van der Waals surface area (Å²) >= 11 is 0. The van der Waals surface area contributed by atoms with Gasteiger partial charge in [0.25, 0.3) is 6.47 Å². The van der Waals surface area contributed by atoms with E-state index in [1.807, 2.05) is 18.7 Å². The summed E-state index contributed by atoms with van der Waals surface area (Å²) in [6.45, 7) is 5.63. The number of carbonyl (C=O) groups excluding carboxylic acids is 1. The molecular formula is C9H17NO3. The number of nitrogens with zero attached hydrogens (tertiary/aromatic N) is 1. The molecular weight excluding hydrogens is 170 g/mol. The van der Waals surface area contributed by atoms with Crippen molar-refractivity contribution in [2.24, 2.45) is 5.92 Å². The second-order valence-corrected chi connectivity index (χ2v) is 3.29. The Morgan fingerprint density at radius 3 is 2.08 bits per heavy atom. The topological polar surface area (TPSA) is 57.6 Å². The molecule has 0 aromatic carbocycles. The molecule has 1 aliphatic rings. The third-order valence-corrected chi connectivity index (χ3v) is 1.91. The number of carboxylic acid groups (broad SMARTS) is 1. The molecule has 1 saturated heterocycles. The van der Waals surface area contributed by atoms with Gasteiger partial charge in [0.15, 0.2) is 0 Å². The maximum absolute atomic E-state index is 11.3. The summed E-state index contributed by atoms with van der Waals surface area (Å²) in [7, 11) is 0. The fourth-order valence-corrected chi connectivity index (χ4v) is 1.30. The van der Waals surface area contributed by atoms with Crippen LogP contribution in [0.2, 0.25) is 0 Å². The largest absolute Gasteiger partial charge is 0.483 e. The maximum atomic E-state index is 11.3. The molecule has 1 N–H and O–H groups in total. The average Bonchev–Trinajstić information content (AvgIpc) is 2.56. The van der Waals surface area contributed by atoms with Gasteiger partial charge in [-0.25, -0.2) is 0 Å². The van der Waals surface area contributed by atoms with Gasteiger partial charge in [-0.1, -0.05) is 13.8 Å². The molecule has 1 rings (SSSR count). The average molecular weight is 187 g/mol. The van der Waals surface area contributed by atoms with Gasteiger partial charge in [0.05, 0.1) is 0 Å². The summed E-state index contributed by atoms with van der Waals surface area (Å²) in [6, 6.07) is 0. The van der Waals surface area contributed by atoms with E-state index in [1.165, 1.54) is 12.8 Å². The lowest BCUT2D eigenvalue weighted by Crippen LogP contribution is -2.31. The summed E-state index contributed by atoms with van der Waals surface area (Å²) in [5, 5.41) is 6.89. The number of rotatable bonds is 1. The first-order chi connectivity index (χ1) is 6.13. The molecule has 0 saturated carbocycles. The lowest BCUT2D eigenvalue weighted by molar-refractivity contribution is -0.133. The first-order valence-electron chi connectivity index (χ1n) is 4.50. The lowest BCUT2D eigenvalue weighted by Gasteiger charge is -2.17. The van der Waals surface area contributed by atoms with E-state index in [-0.39, 0.29) is 12.4 Å². The van der Waals surface area contributed by atoms with Crippen molar-refractivity contribution in [3.8, 4) is 0 Å². The Morgan fingerprint density at radius 2 is 1.77 bits per heavy atom. The molecule has 0 spiro atoms. The fourth-order valence-electron chi connectivity index (χ4n) is 1.30. The van der Waals surface area contributed by atoms with Crippen LogP contribution in [0, 0.1) is 5.92 Å². The SMILES string of the molecule is CC(C)C(=O)N1CCCC1.O=CO. The highest BCUT2D eigenvalue weighted by Gasteiger charge is 2.19. The minimum absolute atomic E-state index is 0.179. The molecule has 0 aromatic rings. The Hall–Kier alpha value is -1.06. The zero-order valence-electron chi connectivity index (χ0n) is 8.19. The minimum atomic E-state index is -0.250. The highest BCUT2D eigenvalue weighted by molar-refractivity contribution is 5.78. The monoisotopic (exact) mass is 187 g/mol. The van der Waals surface area contributed by atoms with Crippen molar-refractivity contribution in [2.75, 3.05) is 13.1 Å². The van der Waals surface area contributed by atoms with Crippen LogP contribution >= 0.6 is 0 Å². The first-order valence-corrected chi connectivity index (χ1v) is 4.50. The van der Waals surface area contributed by atoms with E-state index >= 15 is 0 Å². The van der Waals surface area contributed by atoms with Gasteiger partial charge < -0.3 is 10.0 Å². The quantitative estimate of drug-likeness (QED) is 0.622. The number of hydrogen-bond donors (Lipinski definition) is 1. The Morgan fingerprint density at radius 1 is 1.38 bits per heavy atom. The van der Waals surface area contributed by atoms with Gasteiger partial charge in [-0.15, -0.1) is 0 Å². The van der Waals surface area contributed by atoms with Crippen molar-refractivity contribution in [3.05, 3.63) is 0 Å². The minimum Gasteiger partial charge on any atom is -0.483 e. The smallest absolute Gasteiger partial charge is 0.290 e. The summed E-state index contributed by atoms with van der Waals surface area (Å²) in [5.41, 5.74) is 0. The van der Waals surface area contributed by atoms with Crippen molar-refractivity contribution < 1.29 is 14.7 Å². The third-order valence-electron chi connectivity index (χ3n) is 1.91. The van der Waals surface area contributed by atoms with Crippen molar-refractivity contribution in [1.29, 1.82) is 0 Å². The van der Waals surface area contributed by atoms with E-state index < -0.39 is 0 Å². The van der Waals surface area contributed by atoms with E-state index in [0.29, 0.717) is 5.91 Å². The number of amides is 1. The van der Waals surface area contributed by atoms with E-state index in [4.69, 9.17) is 9.90 Å². The maximum Gasteiger partial charge on any atom is 0.290 e. The van der Waals surface area contributed by atoms with Gasteiger partial charge in [-0.05, 0) is 12.8 Å². The van der Waals surface area contributed by atoms with Crippen LogP contribution in [-0.4, -0.2) is 35.5 Å². The fraction of sp³-hybridized carbons (Fsp3) is 0.778. The molecule has 0 aromatic heterocycles. The van der Waals surface area contributed by atoms with Gasteiger partial charge in [0.1, 0.15) is 0 Å². The van der Waals surface area contributed by atoms with E-state index in [1.54, 1.807) is 0 Å². The number of likely N-dealkylation sites (tertiary alicyclic amines) is 1. The van der Waals surface area contributed by atoms with Crippen LogP contribution in [0.1, 0.15) is 26.7 Å². The molecule has 13 heavy (non-hydrogen) atoms. The zero-order valence-corrected chi connectivity index (χ0v) is 8.19. The summed E-state index contributed by atoms with van der Waals surface area (Å²) in [5.74, 6) is 0.496. The highest BCUT2D eigenvalue weighted by Crippen LogP contribution is 2.10. The molecule has 0 aliphatic carbocycles. The van der Waals surface area contributed by atoms with Gasteiger partial charge in [-0.3, -0.25) is 9.59 Å². The van der Waals surface area contributed by atoms with Crippen LogP contribution in [0.5, 0.6) is 0 Å². The van der Waals surface area contributed by atoms with Crippen LogP contribution in [0.3, 0.4) is 0 Å². The molecule has 1 fully saturated rings. The molecule has 0 bridgehead atoms. The molecule has 4 heteroatoms. The standard InChI is InChI=1S/C8H15NO.CH2O2/c1-7(2)8(10)9-5-3-4-6-9;2-1-3/h7H,3-6H2,1-2H3;1H,(H,2,3). The zero-order chi connectivity index (χ0) is 10.3. The van der Waals surface area contributed by atoms with Gasteiger partial charge >= 0.3 is 0 Å². The van der Waals surface area contributed by atoms with Crippen molar-refractivity contribution in [3.63, 3.8) is 0 Å². The Bertz CT molecular complexity index is 162. The highest BCUT2D eigenvalue weighted by atomic mass is 16.3.